The minimum absolute atomic E-state index is 0.0103. The molecule has 0 aromatic rings. The van der Waals surface area contributed by atoms with Crippen molar-refractivity contribution in [2.24, 2.45) is 5.41 Å². The third-order valence-electron chi connectivity index (χ3n) is 3.14. The number of nitrogens with one attached hydrogen (secondary N) is 2. The molecule has 8 nitrogen and oxygen atoms in total. The van der Waals surface area contributed by atoms with Gasteiger partial charge in [-0.05, 0) is 32.1 Å². The Morgan fingerprint density at radius 1 is 1.35 bits per heavy atom. The average Bonchev–Trinajstić information content (AvgIpc) is 2.19. The number of carboxylic acids is 1. The normalized spacial score (nSPS) is 17.4. The third-order valence-corrected chi connectivity index (χ3v) is 4.10. The number of ether oxygens (including phenoxy) is 1. The number of carbonyl (C=O) groups excluding carboxylic acids is 1. The third kappa shape index (κ3) is 5.33. The Kier molecular flexibility index (Phi) is 5.35. The van der Waals surface area contributed by atoms with E-state index in [4.69, 9.17) is 5.11 Å². The maximum atomic E-state index is 11.6. The molecule has 1 amide bonds. The molecule has 1 saturated carbocycles. The molecule has 0 heterocycles. The lowest BCUT2D eigenvalue weighted by atomic mass is 9.67. The number of carboxylic acid groups (broad SMARTS) is 1. The smallest absolute Gasteiger partial charge is 0.422 e. The van der Waals surface area contributed by atoms with E-state index in [2.05, 4.69) is 9.46 Å². The van der Waals surface area contributed by atoms with Gasteiger partial charge in [-0.3, -0.25) is 4.79 Å². The summed E-state index contributed by atoms with van der Waals surface area (Å²) in [6.45, 7) is 3.18. The standard InChI is InChI=1S/C11H20N2O6S/c1-8(2)19-10(16)13-20(17,18)12-7-11(4-3-5-11)6-9(14)15/h8,12H,3-7H2,1-2H3,(H,13,16)(H,14,15). The lowest BCUT2D eigenvalue weighted by molar-refractivity contribution is -0.141. The molecule has 1 aliphatic carbocycles. The highest BCUT2D eigenvalue weighted by Crippen LogP contribution is 2.43. The molecule has 1 rings (SSSR count). The largest absolute Gasteiger partial charge is 0.481 e. The van der Waals surface area contributed by atoms with Gasteiger partial charge in [0.2, 0.25) is 0 Å². The molecular formula is C11H20N2O6S. The zero-order chi connectivity index (χ0) is 15.4. The predicted octanol–water partition coefficient (Wildman–Crippen LogP) is 0.600. The van der Waals surface area contributed by atoms with Crippen LogP contribution in [0.25, 0.3) is 0 Å². The molecule has 116 valence electrons. The van der Waals surface area contributed by atoms with Crippen LogP contribution in [0.1, 0.15) is 39.5 Å². The Morgan fingerprint density at radius 3 is 2.35 bits per heavy atom. The second kappa shape index (κ2) is 6.40. The van der Waals surface area contributed by atoms with E-state index in [1.807, 2.05) is 0 Å². The highest BCUT2D eigenvalue weighted by Gasteiger charge is 2.39. The molecule has 1 fully saturated rings. The number of hydrogen-bond acceptors (Lipinski definition) is 5. The van der Waals surface area contributed by atoms with E-state index in [1.54, 1.807) is 18.6 Å². The van der Waals surface area contributed by atoms with E-state index in [0.717, 1.165) is 6.42 Å². The molecule has 0 aromatic carbocycles. The molecule has 3 N–H and O–H groups in total. The van der Waals surface area contributed by atoms with E-state index >= 15 is 0 Å². The van der Waals surface area contributed by atoms with E-state index in [-0.39, 0.29) is 13.0 Å². The summed E-state index contributed by atoms with van der Waals surface area (Å²) in [5.41, 5.74) is -0.553. The lowest BCUT2D eigenvalue weighted by Gasteiger charge is -2.40. The summed E-state index contributed by atoms with van der Waals surface area (Å²) in [5.74, 6) is -0.962. The minimum Gasteiger partial charge on any atom is -0.481 e. The van der Waals surface area contributed by atoms with Crippen molar-refractivity contribution in [2.45, 2.75) is 45.6 Å². The number of rotatable bonds is 7. The highest BCUT2D eigenvalue weighted by molar-refractivity contribution is 7.88. The van der Waals surface area contributed by atoms with Crippen molar-refractivity contribution >= 4 is 22.3 Å². The summed E-state index contributed by atoms with van der Waals surface area (Å²) >= 11 is 0. The summed E-state index contributed by atoms with van der Waals surface area (Å²) in [5, 5.41) is 8.82. The fraction of sp³-hybridized carbons (Fsp3) is 0.818. The minimum atomic E-state index is -4.04. The van der Waals surface area contributed by atoms with Crippen LogP contribution in [-0.4, -0.2) is 38.2 Å². The first-order chi connectivity index (χ1) is 9.14. The van der Waals surface area contributed by atoms with Crippen LogP contribution in [0.2, 0.25) is 0 Å². The van der Waals surface area contributed by atoms with Crippen LogP contribution in [0.3, 0.4) is 0 Å². The van der Waals surface area contributed by atoms with Gasteiger partial charge in [-0.25, -0.2) is 9.52 Å². The highest BCUT2D eigenvalue weighted by atomic mass is 32.2. The summed E-state index contributed by atoms with van der Waals surface area (Å²) in [6, 6.07) is 0. The summed E-state index contributed by atoms with van der Waals surface area (Å²) in [7, 11) is -4.04. The Balaban J connectivity index is 2.50. The maximum Gasteiger partial charge on any atom is 0.422 e. The van der Waals surface area contributed by atoms with E-state index < -0.39 is 33.8 Å². The first kappa shape index (κ1) is 16.7. The van der Waals surface area contributed by atoms with Crippen molar-refractivity contribution < 1.29 is 27.9 Å². The van der Waals surface area contributed by atoms with E-state index in [9.17, 15) is 18.0 Å². The summed E-state index contributed by atoms with van der Waals surface area (Å²) in [6.07, 6.45) is 0.587. The van der Waals surface area contributed by atoms with Gasteiger partial charge in [-0.2, -0.15) is 13.1 Å². The quantitative estimate of drug-likeness (QED) is 0.633. The van der Waals surface area contributed by atoms with Crippen LogP contribution in [0.15, 0.2) is 0 Å². The SMILES string of the molecule is CC(C)OC(=O)NS(=O)(=O)NCC1(CC(=O)O)CCC1. The van der Waals surface area contributed by atoms with Crippen molar-refractivity contribution in [3.8, 4) is 0 Å². The topological polar surface area (TPSA) is 122 Å². The van der Waals surface area contributed by atoms with Crippen LogP contribution in [0.4, 0.5) is 4.79 Å². The monoisotopic (exact) mass is 308 g/mol. The van der Waals surface area contributed by atoms with Gasteiger partial charge in [0.1, 0.15) is 0 Å². The predicted molar refractivity (Wildman–Crippen MR) is 70.2 cm³/mol. The van der Waals surface area contributed by atoms with Gasteiger partial charge in [0.15, 0.2) is 0 Å². The molecule has 0 saturated heterocycles. The number of aliphatic carboxylic acids is 1. The Morgan fingerprint density at radius 2 is 1.95 bits per heavy atom. The fourth-order valence-electron chi connectivity index (χ4n) is 2.05. The van der Waals surface area contributed by atoms with Gasteiger partial charge < -0.3 is 9.84 Å². The first-order valence-corrected chi connectivity index (χ1v) is 7.82. The zero-order valence-corrected chi connectivity index (χ0v) is 12.3. The molecule has 0 radical (unpaired) electrons. The van der Waals surface area contributed by atoms with Crippen LogP contribution in [0, 0.1) is 5.41 Å². The first-order valence-electron chi connectivity index (χ1n) is 6.34. The Hall–Kier alpha value is -1.35. The molecule has 0 atom stereocenters. The van der Waals surface area contributed by atoms with Gasteiger partial charge in [0.25, 0.3) is 0 Å². The van der Waals surface area contributed by atoms with Crippen LogP contribution >= 0.6 is 0 Å². The van der Waals surface area contributed by atoms with Crippen molar-refractivity contribution in [3.63, 3.8) is 0 Å². The van der Waals surface area contributed by atoms with Gasteiger partial charge in [-0.1, -0.05) is 6.42 Å². The van der Waals surface area contributed by atoms with E-state index in [0.29, 0.717) is 12.8 Å². The number of amides is 1. The Bertz CT molecular complexity index is 469. The van der Waals surface area contributed by atoms with Gasteiger partial charge in [0, 0.05) is 6.54 Å². The second-order valence-corrected chi connectivity index (χ2v) is 6.80. The molecule has 20 heavy (non-hydrogen) atoms. The molecule has 0 aromatic heterocycles. The van der Waals surface area contributed by atoms with Crippen molar-refractivity contribution in [1.82, 2.24) is 9.44 Å². The number of carbonyl (C=O) groups is 2. The lowest BCUT2D eigenvalue weighted by Crippen LogP contribution is -2.48. The van der Waals surface area contributed by atoms with E-state index in [1.165, 1.54) is 0 Å². The molecule has 0 unspecified atom stereocenters. The molecule has 0 spiro atoms. The number of hydrogen-bond donors (Lipinski definition) is 3. The fourth-order valence-corrected chi connectivity index (χ4v) is 2.88. The van der Waals surface area contributed by atoms with Crippen LogP contribution in [0.5, 0.6) is 0 Å². The second-order valence-electron chi connectivity index (χ2n) is 5.30. The summed E-state index contributed by atoms with van der Waals surface area (Å²) in [4.78, 5) is 22.0. The van der Waals surface area contributed by atoms with Gasteiger partial charge in [-0.15, -0.1) is 0 Å². The average molecular weight is 308 g/mol. The molecule has 9 heteroatoms. The molecule has 0 bridgehead atoms. The Labute approximate surface area is 118 Å². The summed E-state index contributed by atoms with van der Waals surface area (Å²) < 4.78 is 31.8. The molecule has 0 aliphatic heterocycles. The van der Waals surface area contributed by atoms with Crippen molar-refractivity contribution in [1.29, 1.82) is 0 Å². The maximum absolute atomic E-state index is 11.6. The molecule has 1 aliphatic rings. The van der Waals surface area contributed by atoms with Crippen molar-refractivity contribution in [2.75, 3.05) is 6.54 Å². The van der Waals surface area contributed by atoms with Gasteiger partial charge >= 0.3 is 22.3 Å². The molecular weight excluding hydrogens is 288 g/mol. The zero-order valence-electron chi connectivity index (χ0n) is 11.5. The van der Waals surface area contributed by atoms with Crippen molar-refractivity contribution in [3.05, 3.63) is 0 Å². The van der Waals surface area contributed by atoms with Crippen LogP contribution in [-0.2, 0) is 19.7 Å². The van der Waals surface area contributed by atoms with Crippen LogP contribution < -0.4 is 9.44 Å². The van der Waals surface area contributed by atoms with Gasteiger partial charge in [0.05, 0.1) is 12.5 Å².